The molecular formula is C33H35F3N2O6. The SMILES string of the molecule is O=C(O)CCNC(=O)c1ccc(CC(C(=O)Nc2ccc(OC(F)(F)F)c(CO)c2)c2ccc(C3CCCCC3)cc2)cc1. The van der Waals surface area contributed by atoms with Crippen molar-refractivity contribution in [3.63, 3.8) is 0 Å². The minimum absolute atomic E-state index is 0.00365. The molecule has 0 aromatic heterocycles. The van der Waals surface area contributed by atoms with Crippen molar-refractivity contribution in [3.8, 4) is 5.75 Å². The maximum absolute atomic E-state index is 13.7. The smallest absolute Gasteiger partial charge is 0.481 e. The van der Waals surface area contributed by atoms with Crippen molar-refractivity contribution in [2.75, 3.05) is 11.9 Å². The highest BCUT2D eigenvalue weighted by Gasteiger charge is 2.32. The largest absolute Gasteiger partial charge is 0.573 e. The Morgan fingerprint density at radius 2 is 1.61 bits per heavy atom. The van der Waals surface area contributed by atoms with E-state index in [1.807, 2.05) is 24.3 Å². The number of carbonyl (C=O) groups excluding carboxylic acids is 2. The van der Waals surface area contributed by atoms with Gasteiger partial charge in [0.2, 0.25) is 5.91 Å². The number of aliphatic hydroxyl groups is 1. The van der Waals surface area contributed by atoms with Crippen molar-refractivity contribution in [1.82, 2.24) is 5.32 Å². The predicted octanol–water partition coefficient (Wildman–Crippen LogP) is 6.29. The van der Waals surface area contributed by atoms with Crippen molar-refractivity contribution >= 4 is 23.5 Å². The number of nitrogens with one attached hydrogen (secondary N) is 2. The summed E-state index contributed by atoms with van der Waals surface area (Å²) in [5.74, 6) is -2.60. The van der Waals surface area contributed by atoms with Gasteiger partial charge in [-0.15, -0.1) is 13.2 Å². The number of benzene rings is 3. The van der Waals surface area contributed by atoms with Crippen LogP contribution >= 0.6 is 0 Å². The molecular weight excluding hydrogens is 577 g/mol. The maximum atomic E-state index is 13.7. The maximum Gasteiger partial charge on any atom is 0.573 e. The molecule has 44 heavy (non-hydrogen) atoms. The van der Waals surface area contributed by atoms with Gasteiger partial charge in [-0.1, -0.05) is 55.7 Å². The molecule has 0 spiro atoms. The van der Waals surface area contributed by atoms with Crippen LogP contribution in [0.2, 0.25) is 0 Å². The van der Waals surface area contributed by atoms with Gasteiger partial charge in [-0.05, 0) is 72.2 Å². The Balaban J connectivity index is 1.55. The van der Waals surface area contributed by atoms with Crippen LogP contribution in [0.4, 0.5) is 18.9 Å². The molecule has 0 bridgehead atoms. The fourth-order valence-corrected chi connectivity index (χ4v) is 5.45. The number of carboxylic acid groups (broad SMARTS) is 1. The average molecular weight is 613 g/mol. The Kier molecular flexibility index (Phi) is 11.0. The molecule has 0 radical (unpaired) electrons. The Hall–Kier alpha value is -4.38. The van der Waals surface area contributed by atoms with Crippen LogP contribution in [0.15, 0.2) is 66.7 Å². The van der Waals surface area contributed by atoms with E-state index >= 15 is 0 Å². The average Bonchev–Trinajstić information content (AvgIpc) is 3.00. The molecule has 4 N–H and O–H groups in total. The topological polar surface area (TPSA) is 125 Å². The molecule has 1 atom stereocenters. The number of alkyl halides is 3. The zero-order valence-electron chi connectivity index (χ0n) is 24.0. The van der Waals surface area contributed by atoms with Gasteiger partial charge >= 0.3 is 12.3 Å². The van der Waals surface area contributed by atoms with Crippen molar-refractivity contribution in [3.05, 3.63) is 94.5 Å². The van der Waals surface area contributed by atoms with Crippen LogP contribution in [-0.2, 0) is 22.6 Å². The summed E-state index contributed by atoms with van der Waals surface area (Å²) in [5, 5.41) is 23.7. The van der Waals surface area contributed by atoms with E-state index in [0.29, 0.717) is 11.5 Å². The van der Waals surface area contributed by atoms with Gasteiger partial charge in [0.15, 0.2) is 0 Å². The second kappa shape index (κ2) is 14.9. The third-order valence-corrected chi connectivity index (χ3v) is 7.74. The fourth-order valence-electron chi connectivity index (χ4n) is 5.45. The number of carbonyl (C=O) groups is 3. The summed E-state index contributed by atoms with van der Waals surface area (Å²) < 4.78 is 42.2. The fraction of sp³-hybridized carbons (Fsp3) is 0.364. The zero-order valence-corrected chi connectivity index (χ0v) is 24.0. The van der Waals surface area contributed by atoms with Gasteiger partial charge in [-0.3, -0.25) is 14.4 Å². The van der Waals surface area contributed by atoms with Gasteiger partial charge in [0.25, 0.3) is 5.91 Å². The van der Waals surface area contributed by atoms with Gasteiger partial charge in [-0.2, -0.15) is 0 Å². The molecule has 234 valence electrons. The molecule has 1 aliphatic rings. The normalized spacial score (nSPS) is 14.5. The second-order valence-corrected chi connectivity index (χ2v) is 10.9. The lowest BCUT2D eigenvalue weighted by atomic mass is 9.83. The molecule has 0 saturated heterocycles. The van der Waals surface area contributed by atoms with Crippen LogP contribution < -0.4 is 15.4 Å². The first-order valence-corrected chi connectivity index (χ1v) is 14.5. The highest BCUT2D eigenvalue weighted by Crippen LogP contribution is 2.34. The van der Waals surface area contributed by atoms with E-state index in [-0.39, 0.29) is 30.6 Å². The number of amides is 2. The number of hydrogen-bond donors (Lipinski definition) is 4. The number of aliphatic carboxylic acids is 1. The van der Waals surface area contributed by atoms with Crippen molar-refractivity contribution in [1.29, 1.82) is 0 Å². The highest BCUT2D eigenvalue weighted by atomic mass is 19.4. The summed E-state index contributed by atoms with van der Waals surface area (Å²) in [6, 6.07) is 18.1. The summed E-state index contributed by atoms with van der Waals surface area (Å²) in [6.45, 7) is -0.728. The van der Waals surface area contributed by atoms with E-state index in [4.69, 9.17) is 5.11 Å². The summed E-state index contributed by atoms with van der Waals surface area (Å²) in [4.78, 5) is 36.7. The quantitative estimate of drug-likeness (QED) is 0.190. The van der Waals surface area contributed by atoms with Crippen LogP contribution in [0.1, 0.15) is 83.0 Å². The van der Waals surface area contributed by atoms with Gasteiger partial charge in [-0.25, -0.2) is 0 Å². The highest BCUT2D eigenvalue weighted by molar-refractivity contribution is 5.96. The summed E-state index contributed by atoms with van der Waals surface area (Å²) in [7, 11) is 0. The molecule has 3 aromatic rings. The molecule has 0 aliphatic heterocycles. The standard InChI is InChI=1S/C33H35F3N2O6/c34-33(35,36)44-29-15-14-27(19-26(29)20-39)38-32(43)28(24-12-10-23(11-13-24)22-4-2-1-3-5-22)18-21-6-8-25(9-7-21)31(42)37-17-16-30(40)41/h6-15,19,22,28,39H,1-5,16-18,20H2,(H,37,42)(H,38,43)(H,40,41). The third-order valence-electron chi connectivity index (χ3n) is 7.74. The number of aliphatic hydroxyl groups excluding tert-OH is 1. The number of halogens is 3. The van der Waals surface area contributed by atoms with Crippen molar-refractivity contribution in [2.24, 2.45) is 0 Å². The third kappa shape index (κ3) is 9.31. The first-order valence-electron chi connectivity index (χ1n) is 14.5. The van der Waals surface area contributed by atoms with E-state index in [9.17, 15) is 32.7 Å². The lowest BCUT2D eigenvalue weighted by molar-refractivity contribution is -0.275. The van der Waals surface area contributed by atoms with Crippen LogP contribution in [0, 0.1) is 0 Å². The summed E-state index contributed by atoms with van der Waals surface area (Å²) in [5.41, 5.74) is 3.13. The number of rotatable bonds is 12. The minimum Gasteiger partial charge on any atom is -0.481 e. The van der Waals surface area contributed by atoms with Crippen molar-refractivity contribution < 1.29 is 42.5 Å². The van der Waals surface area contributed by atoms with E-state index in [0.717, 1.165) is 30.0 Å². The Morgan fingerprint density at radius 1 is 0.932 bits per heavy atom. The van der Waals surface area contributed by atoms with Gasteiger partial charge in [0.1, 0.15) is 5.75 Å². The molecule has 11 heteroatoms. The molecule has 1 fully saturated rings. The molecule has 1 unspecified atom stereocenters. The van der Waals surface area contributed by atoms with Crippen LogP contribution in [0.25, 0.3) is 0 Å². The second-order valence-electron chi connectivity index (χ2n) is 10.9. The summed E-state index contributed by atoms with van der Waals surface area (Å²) >= 11 is 0. The molecule has 4 rings (SSSR count). The number of ether oxygens (including phenoxy) is 1. The van der Waals surface area contributed by atoms with E-state index in [2.05, 4.69) is 15.4 Å². The first kappa shape index (κ1) is 32.5. The number of carboxylic acids is 1. The molecule has 0 heterocycles. The van der Waals surface area contributed by atoms with Gasteiger partial charge in [0, 0.05) is 23.4 Å². The molecule has 8 nitrogen and oxygen atoms in total. The minimum atomic E-state index is -4.93. The van der Waals surface area contributed by atoms with E-state index < -0.39 is 42.4 Å². The van der Waals surface area contributed by atoms with Crippen LogP contribution in [0.5, 0.6) is 5.75 Å². The zero-order chi connectivity index (χ0) is 31.7. The lowest BCUT2D eigenvalue weighted by Crippen LogP contribution is -2.26. The molecule has 1 aliphatic carbocycles. The first-order chi connectivity index (χ1) is 21.0. The summed E-state index contributed by atoms with van der Waals surface area (Å²) in [6.07, 6.45) is 0.998. The van der Waals surface area contributed by atoms with Crippen LogP contribution in [-0.4, -0.2) is 40.9 Å². The van der Waals surface area contributed by atoms with Crippen LogP contribution in [0.3, 0.4) is 0 Å². The van der Waals surface area contributed by atoms with Gasteiger partial charge in [0.05, 0.1) is 18.9 Å². The monoisotopic (exact) mass is 612 g/mol. The Morgan fingerprint density at radius 3 is 2.23 bits per heavy atom. The Labute approximate surface area is 253 Å². The van der Waals surface area contributed by atoms with Crippen molar-refractivity contribution in [2.45, 2.75) is 69.8 Å². The van der Waals surface area contributed by atoms with Gasteiger partial charge < -0.3 is 25.6 Å². The predicted molar refractivity (Wildman–Crippen MR) is 157 cm³/mol. The number of hydrogen-bond acceptors (Lipinski definition) is 5. The molecule has 2 amide bonds. The molecule has 1 saturated carbocycles. The molecule has 3 aromatic carbocycles. The number of anilines is 1. The van der Waals surface area contributed by atoms with E-state index in [1.54, 1.807) is 24.3 Å². The van der Waals surface area contributed by atoms with E-state index in [1.165, 1.54) is 37.0 Å². The Bertz CT molecular complexity index is 1440. The lowest BCUT2D eigenvalue weighted by Gasteiger charge is -2.23.